The van der Waals surface area contributed by atoms with Gasteiger partial charge in [0.05, 0.1) is 29.3 Å². The maximum atomic E-state index is 12.0. The number of carbonyl (C=O) groups excluding carboxylic acids is 2. The van der Waals surface area contributed by atoms with Gasteiger partial charge in [-0.1, -0.05) is 36.4 Å². The number of nitrogens with zero attached hydrogens (tertiary/aromatic N) is 2. The zero-order chi connectivity index (χ0) is 19.2. The molecule has 2 amide bonds. The highest BCUT2D eigenvalue weighted by Gasteiger charge is 2.12. The summed E-state index contributed by atoms with van der Waals surface area (Å²) < 4.78 is 1.01. The van der Waals surface area contributed by atoms with E-state index in [0.717, 1.165) is 21.3 Å². The molecule has 0 unspecified atom stereocenters. The smallest absolute Gasteiger partial charge is 0.240 e. The Morgan fingerprint density at radius 2 is 1.93 bits per heavy atom. The Morgan fingerprint density at radius 3 is 2.67 bits per heavy atom. The maximum absolute atomic E-state index is 12.0. The molecule has 1 heterocycles. The second-order valence-corrected chi connectivity index (χ2v) is 7.14. The Hall–Kier alpha value is -3.24. The first-order valence-corrected chi connectivity index (χ1v) is 9.27. The van der Waals surface area contributed by atoms with Crippen LogP contribution in [0.4, 0.5) is 0 Å². The van der Waals surface area contributed by atoms with Crippen LogP contribution in [0.5, 0.6) is 0 Å². The molecule has 0 aliphatic heterocycles. The van der Waals surface area contributed by atoms with Crippen LogP contribution in [0.15, 0.2) is 48.5 Å². The van der Waals surface area contributed by atoms with Gasteiger partial charge in [0.2, 0.25) is 11.8 Å². The van der Waals surface area contributed by atoms with E-state index in [0.29, 0.717) is 5.01 Å². The highest BCUT2D eigenvalue weighted by atomic mass is 32.1. The summed E-state index contributed by atoms with van der Waals surface area (Å²) in [6.45, 7) is 1.42. The van der Waals surface area contributed by atoms with E-state index in [1.54, 1.807) is 6.92 Å². The minimum absolute atomic E-state index is 0.112. The lowest BCUT2D eigenvalue weighted by Crippen LogP contribution is -2.40. The van der Waals surface area contributed by atoms with E-state index in [9.17, 15) is 9.59 Å². The molecule has 7 heteroatoms. The van der Waals surface area contributed by atoms with Crippen LogP contribution in [0.3, 0.4) is 0 Å². The highest BCUT2D eigenvalue weighted by molar-refractivity contribution is 7.18. The van der Waals surface area contributed by atoms with Crippen molar-refractivity contribution in [1.82, 2.24) is 15.6 Å². The van der Waals surface area contributed by atoms with E-state index in [4.69, 9.17) is 5.26 Å². The fourth-order valence-corrected chi connectivity index (χ4v) is 3.57. The topological polar surface area (TPSA) is 94.9 Å². The zero-order valence-corrected chi connectivity index (χ0v) is 15.5. The Labute approximate surface area is 160 Å². The number of rotatable bonds is 6. The van der Waals surface area contributed by atoms with Gasteiger partial charge >= 0.3 is 0 Å². The van der Waals surface area contributed by atoms with Crippen molar-refractivity contribution in [3.8, 4) is 17.2 Å². The summed E-state index contributed by atoms with van der Waals surface area (Å²) in [7, 11) is 0. The molecule has 0 spiro atoms. The van der Waals surface area contributed by atoms with Crippen molar-refractivity contribution >= 4 is 33.4 Å². The molecule has 3 rings (SSSR count). The second-order valence-electron chi connectivity index (χ2n) is 6.03. The molecular formula is C20H18N4O2S. The quantitative estimate of drug-likeness (QED) is 0.689. The monoisotopic (exact) mass is 378 g/mol. The summed E-state index contributed by atoms with van der Waals surface area (Å²) in [5.74, 6) is -0.675. The standard InChI is InChI=1S/C20H18N4O2S/c1-13(11-21)23-19(26)12-22-18(25)10-20-24-16-8-7-15(9-17(16)27-20)14-5-3-2-4-6-14/h2-9,13H,10,12H2,1H3,(H,22,25)(H,23,26)/t13-/m1/s1. The van der Waals surface area contributed by atoms with Crippen molar-refractivity contribution in [2.75, 3.05) is 6.54 Å². The predicted octanol–water partition coefficient (Wildman–Crippen LogP) is 2.65. The van der Waals surface area contributed by atoms with Crippen LogP contribution in [0, 0.1) is 11.3 Å². The van der Waals surface area contributed by atoms with E-state index < -0.39 is 11.9 Å². The summed E-state index contributed by atoms with van der Waals surface area (Å²) in [4.78, 5) is 28.1. The molecule has 3 aromatic rings. The van der Waals surface area contributed by atoms with Gasteiger partial charge in [-0.15, -0.1) is 11.3 Å². The highest BCUT2D eigenvalue weighted by Crippen LogP contribution is 2.28. The van der Waals surface area contributed by atoms with Gasteiger partial charge < -0.3 is 10.6 Å². The second kappa shape index (κ2) is 8.43. The van der Waals surface area contributed by atoms with Gasteiger partial charge in [-0.3, -0.25) is 9.59 Å². The predicted molar refractivity (Wildman–Crippen MR) is 105 cm³/mol. The summed E-state index contributed by atoms with van der Waals surface area (Å²) >= 11 is 1.47. The van der Waals surface area contributed by atoms with Crippen LogP contribution >= 0.6 is 11.3 Å². The molecule has 0 aliphatic carbocycles. The number of nitriles is 1. The first-order chi connectivity index (χ1) is 13.0. The van der Waals surface area contributed by atoms with Crippen LogP contribution in [0.25, 0.3) is 21.3 Å². The van der Waals surface area contributed by atoms with E-state index >= 15 is 0 Å². The molecule has 0 radical (unpaired) electrons. The summed E-state index contributed by atoms with van der Waals surface area (Å²) in [5.41, 5.74) is 3.08. The average molecular weight is 378 g/mol. The largest absolute Gasteiger partial charge is 0.347 e. The van der Waals surface area contributed by atoms with E-state index in [-0.39, 0.29) is 18.9 Å². The number of nitrogens with one attached hydrogen (secondary N) is 2. The Bertz CT molecular complexity index is 1010. The lowest BCUT2D eigenvalue weighted by atomic mass is 10.1. The van der Waals surface area contributed by atoms with Crippen molar-refractivity contribution in [2.24, 2.45) is 0 Å². The van der Waals surface area contributed by atoms with Crippen LogP contribution in [-0.2, 0) is 16.0 Å². The van der Waals surface area contributed by atoms with Crippen molar-refractivity contribution in [1.29, 1.82) is 5.26 Å². The number of aromatic nitrogens is 1. The molecule has 1 atom stereocenters. The molecule has 2 N–H and O–H groups in total. The zero-order valence-electron chi connectivity index (χ0n) is 14.7. The molecular weight excluding hydrogens is 360 g/mol. The lowest BCUT2D eigenvalue weighted by molar-refractivity contribution is -0.125. The molecule has 6 nitrogen and oxygen atoms in total. The molecule has 27 heavy (non-hydrogen) atoms. The maximum Gasteiger partial charge on any atom is 0.240 e. The Balaban J connectivity index is 1.63. The van der Waals surface area contributed by atoms with E-state index in [1.165, 1.54) is 11.3 Å². The summed E-state index contributed by atoms with van der Waals surface area (Å²) in [6, 6.07) is 17.4. The van der Waals surface area contributed by atoms with Crippen molar-refractivity contribution in [3.05, 3.63) is 53.5 Å². The van der Waals surface area contributed by atoms with E-state index in [2.05, 4.69) is 33.8 Å². The third-order valence-corrected chi connectivity index (χ3v) is 4.89. The van der Waals surface area contributed by atoms with Crippen LogP contribution in [0.2, 0.25) is 0 Å². The third kappa shape index (κ3) is 4.90. The number of hydrogen-bond acceptors (Lipinski definition) is 5. The number of benzene rings is 2. The van der Waals surface area contributed by atoms with Gasteiger partial charge in [-0.25, -0.2) is 4.98 Å². The Morgan fingerprint density at radius 1 is 1.15 bits per heavy atom. The molecule has 0 saturated heterocycles. The number of thiazole rings is 1. The van der Waals surface area contributed by atoms with Crippen LogP contribution < -0.4 is 10.6 Å². The minimum Gasteiger partial charge on any atom is -0.347 e. The number of hydrogen-bond donors (Lipinski definition) is 2. The Kier molecular flexibility index (Phi) is 5.79. The minimum atomic E-state index is -0.586. The first-order valence-electron chi connectivity index (χ1n) is 8.45. The number of fused-ring (bicyclic) bond motifs is 1. The van der Waals surface area contributed by atoms with Gasteiger partial charge in [0.15, 0.2) is 0 Å². The summed E-state index contributed by atoms with van der Waals surface area (Å²) in [6.07, 6.45) is 0.112. The van der Waals surface area contributed by atoms with Gasteiger partial charge in [0.1, 0.15) is 11.0 Å². The SMILES string of the molecule is C[C@H](C#N)NC(=O)CNC(=O)Cc1nc2ccc(-c3ccccc3)cc2s1. The number of amides is 2. The molecule has 0 saturated carbocycles. The molecule has 1 aromatic heterocycles. The van der Waals surface area contributed by atoms with Crippen LogP contribution in [0.1, 0.15) is 11.9 Å². The normalized spacial score (nSPS) is 11.6. The molecule has 2 aromatic carbocycles. The molecule has 136 valence electrons. The molecule has 0 fully saturated rings. The fraction of sp³-hybridized carbons (Fsp3) is 0.200. The fourth-order valence-electron chi connectivity index (χ4n) is 2.56. The first kappa shape index (κ1) is 18.5. The van der Waals surface area contributed by atoms with Gasteiger partial charge in [0.25, 0.3) is 0 Å². The van der Waals surface area contributed by atoms with Crippen molar-refractivity contribution in [2.45, 2.75) is 19.4 Å². The molecule has 0 aliphatic rings. The van der Waals surface area contributed by atoms with Crippen molar-refractivity contribution < 1.29 is 9.59 Å². The lowest BCUT2D eigenvalue weighted by Gasteiger charge is -2.07. The van der Waals surface area contributed by atoms with Gasteiger partial charge in [0, 0.05) is 0 Å². The average Bonchev–Trinajstić information content (AvgIpc) is 3.08. The number of carbonyl (C=O) groups is 2. The van der Waals surface area contributed by atoms with Crippen LogP contribution in [-0.4, -0.2) is 29.4 Å². The third-order valence-electron chi connectivity index (χ3n) is 3.87. The summed E-state index contributed by atoms with van der Waals surface area (Å²) in [5, 5.41) is 14.4. The van der Waals surface area contributed by atoms with Gasteiger partial charge in [-0.05, 0) is 30.2 Å². The molecule has 0 bridgehead atoms. The van der Waals surface area contributed by atoms with Crippen molar-refractivity contribution in [3.63, 3.8) is 0 Å². The van der Waals surface area contributed by atoms with E-state index in [1.807, 2.05) is 36.4 Å². The van der Waals surface area contributed by atoms with Gasteiger partial charge in [-0.2, -0.15) is 5.26 Å².